The van der Waals surface area contributed by atoms with Crippen molar-refractivity contribution in [2.75, 3.05) is 26.7 Å². The van der Waals surface area contributed by atoms with Crippen LogP contribution in [0.5, 0.6) is 5.75 Å². The molecule has 0 saturated carbocycles. The number of benzene rings is 1. The van der Waals surface area contributed by atoms with Gasteiger partial charge < -0.3 is 15.0 Å². The second-order valence-electron chi connectivity index (χ2n) is 6.70. The van der Waals surface area contributed by atoms with Crippen molar-refractivity contribution < 1.29 is 14.3 Å². The molecule has 0 bridgehead atoms. The van der Waals surface area contributed by atoms with Crippen molar-refractivity contribution in [2.24, 2.45) is 5.92 Å². The van der Waals surface area contributed by atoms with Gasteiger partial charge in [-0.15, -0.1) is 11.8 Å². The molecule has 26 heavy (non-hydrogen) atoms. The Hall–Kier alpha value is -1.69. The zero-order valence-corrected chi connectivity index (χ0v) is 16.8. The maximum atomic E-state index is 12.8. The number of nitrogens with one attached hydrogen (secondary N) is 1. The third-order valence-corrected chi connectivity index (χ3v) is 5.75. The number of hydrogen-bond donors (Lipinski definition) is 1. The smallest absolute Gasteiger partial charge is 0.235 e. The van der Waals surface area contributed by atoms with Crippen LogP contribution in [-0.2, 0) is 9.59 Å². The molecule has 144 valence electrons. The number of piperidine rings is 1. The van der Waals surface area contributed by atoms with Gasteiger partial charge in [0, 0.05) is 24.5 Å². The summed E-state index contributed by atoms with van der Waals surface area (Å²) in [4.78, 5) is 28.0. The molecule has 1 aromatic carbocycles. The Balaban J connectivity index is 1.87. The third-order valence-electron chi connectivity index (χ3n) is 4.65. The number of methoxy groups -OCH3 is 1. The Morgan fingerprint density at radius 3 is 2.73 bits per heavy atom. The highest BCUT2D eigenvalue weighted by molar-refractivity contribution is 8.00. The van der Waals surface area contributed by atoms with Gasteiger partial charge in [0.1, 0.15) is 5.75 Å². The van der Waals surface area contributed by atoms with Gasteiger partial charge in [-0.05, 0) is 50.5 Å². The van der Waals surface area contributed by atoms with Crippen LogP contribution in [0.2, 0.25) is 0 Å². The molecule has 6 heteroatoms. The Kier molecular flexibility index (Phi) is 8.29. The Bertz CT molecular complexity index is 591. The minimum absolute atomic E-state index is 0.0808. The highest BCUT2D eigenvalue weighted by atomic mass is 32.2. The largest absolute Gasteiger partial charge is 0.497 e. The first-order valence-corrected chi connectivity index (χ1v) is 10.3. The first-order chi connectivity index (χ1) is 12.5. The van der Waals surface area contributed by atoms with E-state index in [9.17, 15) is 9.59 Å². The lowest BCUT2D eigenvalue weighted by Crippen LogP contribution is -2.47. The molecule has 1 saturated heterocycles. The summed E-state index contributed by atoms with van der Waals surface area (Å²) in [7, 11) is 1.64. The predicted molar refractivity (Wildman–Crippen MR) is 106 cm³/mol. The standard InChI is InChI=1S/C20H30N2O3S/c1-4-5-12-21-19(23)16-7-6-13-22(14-16)20(24)15(2)26-18-10-8-17(25-3)9-11-18/h8-11,15-16H,4-7,12-14H2,1-3H3,(H,21,23). The highest BCUT2D eigenvalue weighted by Gasteiger charge is 2.30. The Morgan fingerprint density at radius 2 is 2.08 bits per heavy atom. The number of rotatable bonds is 8. The molecule has 2 amide bonds. The van der Waals surface area contributed by atoms with Crippen LogP contribution in [0.25, 0.3) is 0 Å². The van der Waals surface area contributed by atoms with E-state index >= 15 is 0 Å². The molecule has 0 aliphatic carbocycles. The number of nitrogens with zero attached hydrogens (tertiary/aromatic N) is 1. The number of hydrogen-bond acceptors (Lipinski definition) is 4. The van der Waals surface area contributed by atoms with Crippen molar-refractivity contribution >= 4 is 23.6 Å². The van der Waals surface area contributed by atoms with Gasteiger partial charge in [0.2, 0.25) is 11.8 Å². The molecule has 1 aliphatic heterocycles. The number of carbonyl (C=O) groups is 2. The van der Waals surface area contributed by atoms with Gasteiger partial charge >= 0.3 is 0 Å². The van der Waals surface area contributed by atoms with Crippen LogP contribution >= 0.6 is 11.8 Å². The van der Waals surface area contributed by atoms with E-state index < -0.39 is 0 Å². The minimum atomic E-state index is -0.176. The quantitative estimate of drug-likeness (QED) is 0.557. The lowest BCUT2D eigenvalue weighted by atomic mass is 9.97. The number of amides is 2. The lowest BCUT2D eigenvalue weighted by molar-refractivity contribution is -0.135. The average Bonchev–Trinajstić information content (AvgIpc) is 2.68. The first kappa shape index (κ1) is 20.6. The SMILES string of the molecule is CCCCNC(=O)C1CCCN(C(=O)C(C)Sc2ccc(OC)cc2)C1. The highest BCUT2D eigenvalue weighted by Crippen LogP contribution is 2.27. The van der Waals surface area contributed by atoms with Gasteiger partial charge in [0.25, 0.3) is 0 Å². The van der Waals surface area contributed by atoms with Crippen LogP contribution in [0.1, 0.15) is 39.5 Å². The lowest BCUT2D eigenvalue weighted by Gasteiger charge is -2.33. The molecular weight excluding hydrogens is 348 g/mol. The maximum Gasteiger partial charge on any atom is 0.235 e. The van der Waals surface area contributed by atoms with E-state index in [-0.39, 0.29) is 23.0 Å². The zero-order chi connectivity index (χ0) is 18.9. The fourth-order valence-corrected chi connectivity index (χ4v) is 4.04. The summed E-state index contributed by atoms with van der Waals surface area (Å²) >= 11 is 1.54. The summed E-state index contributed by atoms with van der Waals surface area (Å²) in [6.07, 6.45) is 3.81. The van der Waals surface area contributed by atoms with Crippen LogP contribution < -0.4 is 10.1 Å². The summed E-state index contributed by atoms with van der Waals surface area (Å²) in [6.45, 7) is 6.04. The molecule has 5 nitrogen and oxygen atoms in total. The zero-order valence-electron chi connectivity index (χ0n) is 16.0. The Labute approximate surface area is 160 Å². The first-order valence-electron chi connectivity index (χ1n) is 9.42. The van der Waals surface area contributed by atoms with Crippen molar-refractivity contribution in [1.82, 2.24) is 10.2 Å². The van der Waals surface area contributed by atoms with Crippen LogP contribution in [0.4, 0.5) is 0 Å². The van der Waals surface area contributed by atoms with Crippen molar-refractivity contribution in [1.29, 1.82) is 0 Å². The maximum absolute atomic E-state index is 12.8. The molecule has 2 rings (SSSR count). The molecule has 1 N–H and O–H groups in total. The molecule has 1 heterocycles. The topological polar surface area (TPSA) is 58.6 Å². The third kappa shape index (κ3) is 5.94. The van der Waals surface area contributed by atoms with Gasteiger partial charge in [0.05, 0.1) is 18.3 Å². The van der Waals surface area contributed by atoms with E-state index in [2.05, 4.69) is 12.2 Å². The molecule has 2 unspecified atom stereocenters. The summed E-state index contributed by atoms with van der Waals surface area (Å²) in [6, 6.07) is 7.73. The molecule has 0 radical (unpaired) electrons. The minimum Gasteiger partial charge on any atom is -0.497 e. The predicted octanol–water partition coefficient (Wildman–Crippen LogP) is 3.33. The molecule has 0 spiro atoms. The Morgan fingerprint density at radius 1 is 1.35 bits per heavy atom. The van der Waals surface area contributed by atoms with E-state index in [1.807, 2.05) is 36.1 Å². The van der Waals surface area contributed by atoms with Crippen molar-refractivity contribution in [3.05, 3.63) is 24.3 Å². The monoisotopic (exact) mass is 378 g/mol. The van der Waals surface area contributed by atoms with Crippen LogP contribution in [0.15, 0.2) is 29.2 Å². The van der Waals surface area contributed by atoms with Crippen molar-refractivity contribution in [3.8, 4) is 5.75 Å². The van der Waals surface area contributed by atoms with E-state index in [4.69, 9.17) is 4.74 Å². The fraction of sp³-hybridized carbons (Fsp3) is 0.600. The van der Waals surface area contributed by atoms with Gasteiger partial charge in [-0.2, -0.15) is 0 Å². The summed E-state index contributed by atoms with van der Waals surface area (Å²) < 4.78 is 5.16. The molecule has 0 aromatic heterocycles. The average molecular weight is 379 g/mol. The van der Waals surface area contributed by atoms with Gasteiger partial charge in [-0.25, -0.2) is 0 Å². The van der Waals surface area contributed by atoms with E-state index in [0.29, 0.717) is 6.54 Å². The summed E-state index contributed by atoms with van der Waals surface area (Å²) in [5.74, 6) is 0.923. The van der Waals surface area contributed by atoms with Crippen molar-refractivity contribution in [3.63, 3.8) is 0 Å². The number of likely N-dealkylation sites (tertiary alicyclic amines) is 1. The fourth-order valence-electron chi connectivity index (χ4n) is 3.09. The number of ether oxygens (including phenoxy) is 1. The second-order valence-corrected chi connectivity index (χ2v) is 8.12. The van der Waals surface area contributed by atoms with E-state index in [1.54, 1.807) is 18.9 Å². The normalized spacial score (nSPS) is 18.3. The van der Waals surface area contributed by atoms with E-state index in [1.165, 1.54) is 0 Å². The summed E-state index contributed by atoms with van der Waals surface area (Å²) in [5.41, 5.74) is 0. The van der Waals surface area contributed by atoms with Crippen molar-refractivity contribution in [2.45, 2.75) is 49.7 Å². The molecule has 1 aromatic rings. The van der Waals surface area contributed by atoms with Gasteiger partial charge in [0.15, 0.2) is 0 Å². The molecular formula is C20H30N2O3S. The second kappa shape index (κ2) is 10.5. The van der Waals surface area contributed by atoms with Gasteiger partial charge in [-0.3, -0.25) is 9.59 Å². The molecule has 1 fully saturated rings. The number of thioether (sulfide) groups is 1. The number of carbonyl (C=O) groups excluding carboxylic acids is 2. The van der Waals surface area contributed by atoms with Crippen LogP contribution in [0, 0.1) is 5.92 Å². The summed E-state index contributed by atoms with van der Waals surface area (Å²) in [5, 5.41) is 2.82. The van der Waals surface area contributed by atoms with Crippen LogP contribution in [0.3, 0.4) is 0 Å². The number of unbranched alkanes of at least 4 members (excludes halogenated alkanes) is 1. The van der Waals surface area contributed by atoms with Gasteiger partial charge in [-0.1, -0.05) is 13.3 Å². The van der Waals surface area contributed by atoms with E-state index in [0.717, 1.165) is 49.4 Å². The molecule has 1 aliphatic rings. The van der Waals surface area contributed by atoms with Crippen LogP contribution in [-0.4, -0.2) is 48.7 Å². The molecule has 2 atom stereocenters.